The molecule has 2 amide bonds. The Balaban J connectivity index is 1.80. The van der Waals surface area contributed by atoms with E-state index in [9.17, 15) is 14.3 Å². The molecule has 0 aromatic heterocycles. The largest absolute Gasteiger partial charge is 0.396 e. The molecule has 1 heterocycles. The second-order valence-electron chi connectivity index (χ2n) is 6.15. The van der Waals surface area contributed by atoms with Crippen LogP contribution in [0.5, 0.6) is 0 Å². The number of amides is 2. The summed E-state index contributed by atoms with van der Waals surface area (Å²) in [4.78, 5) is 14.0. The van der Waals surface area contributed by atoms with Crippen LogP contribution in [-0.4, -0.2) is 42.3 Å². The topological polar surface area (TPSA) is 52.6 Å². The van der Waals surface area contributed by atoms with Gasteiger partial charge in [-0.05, 0) is 43.4 Å². The molecular formula is C17H25FN2O2. The average molecular weight is 308 g/mol. The van der Waals surface area contributed by atoms with Crippen molar-refractivity contribution in [2.75, 3.05) is 26.2 Å². The van der Waals surface area contributed by atoms with E-state index in [1.165, 1.54) is 12.1 Å². The number of likely N-dealkylation sites (tertiary alicyclic amines) is 1. The molecule has 122 valence electrons. The molecule has 0 spiro atoms. The van der Waals surface area contributed by atoms with Gasteiger partial charge in [0.1, 0.15) is 5.82 Å². The van der Waals surface area contributed by atoms with E-state index in [0.29, 0.717) is 19.5 Å². The van der Waals surface area contributed by atoms with Crippen molar-refractivity contribution in [1.82, 2.24) is 10.2 Å². The summed E-state index contributed by atoms with van der Waals surface area (Å²) in [6.45, 7) is 4.07. The molecule has 0 aliphatic carbocycles. The lowest BCUT2D eigenvalue weighted by atomic mass is 9.78. The van der Waals surface area contributed by atoms with E-state index in [2.05, 4.69) is 12.2 Å². The highest BCUT2D eigenvalue weighted by Gasteiger charge is 2.35. The van der Waals surface area contributed by atoms with Gasteiger partial charge >= 0.3 is 6.03 Å². The van der Waals surface area contributed by atoms with Gasteiger partial charge in [-0.15, -0.1) is 0 Å². The highest BCUT2D eigenvalue weighted by Crippen LogP contribution is 2.32. The number of rotatable bonds is 5. The molecule has 22 heavy (non-hydrogen) atoms. The van der Waals surface area contributed by atoms with E-state index in [-0.39, 0.29) is 23.9 Å². The van der Waals surface area contributed by atoms with Gasteiger partial charge in [0.2, 0.25) is 0 Å². The standard InChI is InChI=1S/C17H25FN2O2/c1-2-17(13-21)9-3-11-20(12-17)16(22)19-10-8-14-4-6-15(18)7-5-14/h4-7,21H,2-3,8-13H2,1H3,(H,19,22)/t17-/m0/s1. The van der Waals surface area contributed by atoms with Crippen molar-refractivity contribution in [2.45, 2.75) is 32.6 Å². The number of piperidine rings is 1. The van der Waals surface area contributed by atoms with Crippen LogP contribution in [0.3, 0.4) is 0 Å². The summed E-state index contributed by atoms with van der Waals surface area (Å²) >= 11 is 0. The van der Waals surface area contributed by atoms with E-state index < -0.39 is 0 Å². The Morgan fingerprint density at radius 1 is 1.41 bits per heavy atom. The first-order chi connectivity index (χ1) is 10.6. The Morgan fingerprint density at radius 3 is 2.77 bits per heavy atom. The molecular weight excluding hydrogens is 283 g/mol. The number of hydrogen-bond donors (Lipinski definition) is 2. The Labute approximate surface area is 131 Å². The average Bonchev–Trinajstić information content (AvgIpc) is 2.56. The van der Waals surface area contributed by atoms with E-state index >= 15 is 0 Å². The summed E-state index contributed by atoms with van der Waals surface area (Å²) in [6.07, 6.45) is 3.46. The minimum absolute atomic E-state index is 0.0758. The van der Waals surface area contributed by atoms with E-state index in [4.69, 9.17) is 0 Å². The van der Waals surface area contributed by atoms with E-state index in [1.54, 1.807) is 17.0 Å². The van der Waals surface area contributed by atoms with Crippen LogP contribution in [0.4, 0.5) is 9.18 Å². The van der Waals surface area contributed by atoms with Crippen molar-refractivity contribution in [3.8, 4) is 0 Å². The highest BCUT2D eigenvalue weighted by molar-refractivity contribution is 5.74. The third kappa shape index (κ3) is 4.19. The van der Waals surface area contributed by atoms with Crippen molar-refractivity contribution in [3.05, 3.63) is 35.6 Å². The second kappa shape index (κ2) is 7.58. The minimum atomic E-state index is -0.249. The zero-order valence-electron chi connectivity index (χ0n) is 13.1. The van der Waals surface area contributed by atoms with Gasteiger partial charge in [0, 0.05) is 25.0 Å². The molecule has 1 saturated heterocycles. The number of nitrogens with zero attached hydrogens (tertiary/aromatic N) is 1. The number of aliphatic hydroxyl groups excluding tert-OH is 1. The predicted octanol–water partition coefficient (Wildman–Crippen LogP) is 2.56. The third-order valence-corrected chi connectivity index (χ3v) is 4.64. The van der Waals surface area contributed by atoms with Gasteiger partial charge in [-0.2, -0.15) is 0 Å². The number of carbonyl (C=O) groups excluding carboxylic acids is 1. The van der Waals surface area contributed by atoms with Crippen LogP contribution in [0.25, 0.3) is 0 Å². The minimum Gasteiger partial charge on any atom is -0.396 e. The van der Waals surface area contributed by atoms with Crippen molar-refractivity contribution in [2.24, 2.45) is 5.41 Å². The van der Waals surface area contributed by atoms with Crippen LogP contribution in [0, 0.1) is 11.2 Å². The summed E-state index contributed by atoms with van der Waals surface area (Å²) in [6, 6.07) is 6.25. The smallest absolute Gasteiger partial charge is 0.317 e. The fraction of sp³-hybridized carbons (Fsp3) is 0.588. The van der Waals surface area contributed by atoms with Crippen molar-refractivity contribution < 1.29 is 14.3 Å². The van der Waals surface area contributed by atoms with Crippen LogP contribution in [-0.2, 0) is 6.42 Å². The lowest BCUT2D eigenvalue weighted by molar-refractivity contribution is 0.0441. The summed E-state index contributed by atoms with van der Waals surface area (Å²) in [5, 5.41) is 12.5. The lowest BCUT2D eigenvalue weighted by Crippen LogP contribution is -2.51. The monoisotopic (exact) mass is 308 g/mol. The molecule has 1 aromatic carbocycles. The molecule has 0 unspecified atom stereocenters. The number of aliphatic hydroxyl groups is 1. The quantitative estimate of drug-likeness (QED) is 0.878. The predicted molar refractivity (Wildman–Crippen MR) is 84.1 cm³/mol. The van der Waals surface area contributed by atoms with Crippen LogP contribution >= 0.6 is 0 Å². The number of urea groups is 1. The Bertz CT molecular complexity index is 486. The number of nitrogens with one attached hydrogen (secondary N) is 1. The molecule has 1 aromatic rings. The molecule has 1 aliphatic rings. The van der Waals surface area contributed by atoms with Crippen molar-refractivity contribution >= 4 is 6.03 Å². The van der Waals surface area contributed by atoms with Crippen LogP contribution in [0.1, 0.15) is 31.7 Å². The Morgan fingerprint density at radius 2 is 2.14 bits per heavy atom. The Hall–Kier alpha value is -1.62. The van der Waals surface area contributed by atoms with Crippen LogP contribution in [0.15, 0.2) is 24.3 Å². The third-order valence-electron chi connectivity index (χ3n) is 4.64. The number of carbonyl (C=O) groups is 1. The molecule has 1 aliphatic heterocycles. The summed E-state index contributed by atoms with van der Waals surface area (Å²) in [5.41, 5.74) is 0.852. The molecule has 0 saturated carbocycles. The zero-order valence-corrected chi connectivity index (χ0v) is 13.1. The van der Waals surface area contributed by atoms with Gasteiger partial charge in [0.15, 0.2) is 0 Å². The fourth-order valence-corrected chi connectivity index (χ4v) is 2.99. The molecule has 0 radical (unpaired) electrons. The van der Waals surface area contributed by atoms with E-state index in [1.807, 2.05) is 0 Å². The first-order valence-electron chi connectivity index (χ1n) is 7.97. The SMILES string of the molecule is CC[C@]1(CO)CCCN(C(=O)NCCc2ccc(F)cc2)C1. The summed E-state index contributed by atoms with van der Waals surface area (Å²) in [7, 11) is 0. The number of benzene rings is 1. The molecule has 1 atom stereocenters. The van der Waals surface area contributed by atoms with Crippen LogP contribution in [0.2, 0.25) is 0 Å². The number of halogens is 1. The van der Waals surface area contributed by atoms with E-state index in [0.717, 1.165) is 31.4 Å². The van der Waals surface area contributed by atoms with Crippen molar-refractivity contribution in [3.63, 3.8) is 0 Å². The van der Waals surface area contributed by atoms with Gasteiger partial charge in [0.05, 0.1) is 6.61 Å². The number of hydrogen-bond acceptors (Lipinski definition) is 2. The lowest BCUT2D eigenvalue weighted by Gasteiger charge is -2.41. The maximum atomic E-state index is 12.8. The molecule has 5 heteroatoms. The maximum absolute atomic E-state index is 12.8. The summed E-state index contributed by atoms with van der Waals surface area (Å²) < 4.78 is 12.8. The molecule has 2 N–H and O–H groups in total. The first-order valence-corrected chi connectivity index (χ1v) is 7.97. The molecule has 1 fully saturated rings. The highest BCUT2D eigenvalue weighted by atomic mass is 19.1. The fourth-order valence-electron chi connectivity index (χ4n) is 2.99. The zero-order chi connectivity index (χ0) is 16.0. The second-order valence-corrected chi connectivity index (χ2v) is 6.15. The molecule has 0 bridgehead atoms. The summed E-state index contributed by atoms with van der Waals surface area (Å²) in [5.74, 6) is -0.249. The van der Waals surface area contributed by atoms with Gasteiger partial charge < -0.3 is 15.3 Å². The first kappa shape index (κ1) is 16.7. The molecule has 4 nitrogen and oxygen atoms in total. The molecule has 2 rings (SSSR count). The van der Waals surface area contributed by atoms with Crippen LogP contribution < -0.4 is 5.32 Å². The van der Waals surface area contributed by atoms with Gasteiger partial charge in [-0.3, -0.25) is 0 Å². The maximum Gasteiger partial charge on any atom is 0.317 e. The van der Waals surface area contributed by atoms with Gasteiger partial charge in [-0.1, -0.05) is 19.1 Å². The Kier molecular flexibility index (Phi) is 5.77. The van der Waals surface area contributed by atoms with Gasteiger partial charge in [0.25, 0.3) is 0 Å². The normalized spacial score (nSPS) is 21.7. The van der Waals surface area contributed by atoms with Crippen molar-refractivity contribution in [1.29, 1.82) is 0 Å². The van der Waals surface area contributed by atoms with Gasteiger partial charge in [-0.25, -0.2) is 9.18 Å².